The highest BCUT2D eigenvalue weighted by molar-refractivity contribution is 9.10. The molecule has 0 radical (unpaired) electrons. The third-order valence-electron chi connectivity index (χ3n) is 3.15. The summed E-state index contributed by atoms with van der Waals surface area (Å²) in [4.78, 5) is 0. The Labute approximate surface area is 122 Å². The molecule has 2 nitrogen and oxygen atoms in total. The average molecular weight is 318 g/mol. The normalized spacial score (nSPS) is 12.2. The number of benzene rings is 2. The van der Waals surface area contributed by atoms with Gasteiger partial charge < -0.3 is 0 Å². The number of amidine groups is 1. The van der Waals surface area contributed by atoms with E-state index >= 15 is 0 Å². The van der Waals surface area contributed by atoms with Crippen LogP contribution in [0, 0.1) is 6.92 Å². The second-order valence-electron chi connectivity index (χ2n) is 4.66. The quantitative estimate of drug-likeness (QED) is 0.525. The molecule has 2 N–H and O–H groups in total. The maximum atomic E-state index is 6.30. The van der Waals surface area contributed by atoms with E-state index in [9.17, 15) is 0 Å². The number of nitrogens with zero attached hydrogens (tertiary/aromatic N) is 1. The number of rotatable bonds is 3. The molecule has 19 heavy (non-hydrogen) atoms. The molecule has 0 unspecified atom stereocenters. The van der Waals surface area contributed by atoms with Crippen LogP contribution in [0.4, 0.5) is 0 Å². The molecule has 0 bridgehead atoms. The third-order valence-corrected chi connectivity index (χ3v) is 3.81. The first-order valence-corrected chi connectivity index (χ1v) is 7.02. The number of halogens is 1. The van der Waals surface area contributed by atoms with Gasteiger partial charge in [0.2, 0.25) is 0 Å². The van der Waals surface area contributed by atoms with Gasteiger partial charge in [-0.15, -0.1) is 0 Å². The lowest BCUT2D eigenvalue weighted by atomic mass is 10.1. The number of hydrogen-bond acceptors (Lipinski definition) is 0. The molecule has 0 aromatic heterocycles. The van der Waals surface area contributed by atoms with Gasteiger partial charge in [-0.25, -0.2) is 0 Å². The van der Waals surface area contributed by atoms with Crippen molar-refractivity contribution in [3.8, 4) is 0 Å². The van der Waals surface area contributed by atoms with Gasteiger partial charge in [-0.05, 0) is 40.0 Å². The van der Waals surface area contributed by atoms with E-state index in [-0.39, 0.29) is 0 Å². The molecule has 0 heterocycles. The molecule has 0 aliphatic carbocycles. The van der Waals surface area contributed by atoms with Crippen LogP contribution in [0.1, 0.15) is 16.7 Å². The maximum absolute atomic E-state index is 6.30. The van der Waals surface area contributed by atoms with Crippen LogP contribution in [0.3, 0.4) is 0 Å². The second kappa shape index (κ2) is 6.02. The smallest absolute Gasteiger partial charge is 0.276 e. The van der Waals surface area contributed by atoms with Gasteiger partial charge in [-0.1, -0.05) is 42.5 Å². The van der Waals surface area contributed by atoms with Crippen LogP contribution >= 0.6 is 15.9 Å². The first-order chi connectivity index (χ1) is 9.09. The zero-order valence-electron chi connectivity index (χ0n) is 11.2. The molecule has 2 aromatic rings. The zero-order valence-corrected chi connectivity index (χ0v) is 12.8. The minimum absolute atomic E-state index is 0.786. The van der Waals surface area contributed by atoms with Crippen LogP contribution in [0.15, 0.2) is 53.0 Å². The van der Waals surface area contributed by atoms with Gasteiger partial charge in [0.1, 0.15) is 6.54 Å². The van der Waals surface area contributed by atoms with Crippen molar-refractivity contribution >= 4 is 21.8 Å². The molecule has 0 aliphatic rings. The fourth-order valence-electron chi connectivity index (χ4n) is 2.09. The van der Waals surface area contributed by atoms with E-state index in [4.69, 9.17) is 5.73 Å². The van der Waals surface area contributed by atoms with Crippen LogP contribution in [-0.4, -0.2) is 17.5 Å². The highest BCUT2D eigenvalue weighted by Crippen LogP contribution is 2.19. The first kappa shape index (κ1) is 13.8. The molecule has 0 saturated carbocycles. The van der Waals surface area contributed by atoms with E-state index in [1.165, 1.54) is 11.1 Å². The third kappa shape index (κ3) is 3.24. The fraction of sp³-hybridized carbons (Fsp3) is 0.188. The van der Waals surface area contributed by atoms with Crippen molar-refractivity contribution < 1.29 is 4.58 Å². The molecular formula is C16H18BrN2+. The number of nitrogens with two attached hydrogens (primary N) is 1. The summed E-state index contributed by atoms with van der Waals surface area (Å²) in [6.45, 7) is 2.87. The zero-order chi connectivity index (χ0) is 13.8. The van der Waals surface area contributed by atoms with E-state index in [0.29, 0.717) is 0 Å². The molecule has 0 saturated heterocycles. The van der Waals surface area contributed by atoms with Gasteiger partial charge in [0, 0.05) is 4.47 Å². The molecule has 3 heteroatoms. The lowest BCUT2D eigenvalue weighted by Gasteiger charge is -2.09. The van der Waals surface area contributed by atoms with Gasteiger partial charge in [0.05, 0.1) is 12.6 Å². The molecule has 0 spiro atoms. The van der Waals surface area contributed by atoms with Crippen molar-refractivity contribution in [3.63, 3.8) is 0 Å². The Balaban J connectivity index is 2.36. The summed E-state index contributed by atoms with van der Waals surface area (Å²) in [6.07, 6.45) is 0. The van der Waals surface area contributed by atoms with E-state index in [0.717, 1.165) is 22.4 Å². The maximum Gasteiger partial charge on any atom is 0.276 e. The molecule has 0 amide bonds. The predicted octanol–water partition coefficient (Wildman–Crippen LogP) is 3.31. The standard InChI is InChI=1S/C16H17BrN2/c1-12-7-6-10-14(17)15(12)16(18)19(2)11-13-8-4-3-5-9-13/h3-10,18H,11H2,1-2H3/p+1. The number of aryl methyl sites for hydroxylation is 1. The van der Waals surface area contributed by atoms with Crippen molar-refractivity contribution in [1.29, 1.82) is 0 Å². The van der Waals surface area contributed by atoms with Crippen LogP contribution in [0.25, 0.3) is 0 Å². The molecule has 0 atom stereocenters. The minimum Gasteiger partial charge on any atom is -0.287 e. The summed E-state index contributed by atoms with van der Waals surface area (Å²) in [6, 6.07) is 16.4. The van der Waals surface area contributed by atoms with E-state index in [2.05, 4.69) is 45.6 Å². The van der Waals surface area contributed by atoms with E-state index in [1.807, 2.05) is 37.4 Å². The minimum atomic E-state index is 0.786. The Morgan fingerprint density at radius 2 is 1.79 bits per heavy atom. The van der Waals surface area contributed by atoms with Gasteiger partial charge in [0.25, 0.3) is 5.84 Å². The lowest BCUT2D eigenvalue weighted by Crippen LogP contribution is -2.27. The van der Waals surface area contributed by atoms with Gasteiger partial charge in [-0.2, -0.15) is 0 Å². The SMILES string of the molecule is Cc1cccc(Br)c1C(N)=[N+](C)Cc1ccccc1. The molecular weight excluding hydrogens is 300 g/mol. The van der Waals surface area contributed by atoms with E-state index < -0.39 is 0 Å². The molecule has 2 rings (SSSR count). The van der Waals surface area contributed by atoms with E-state index in [1.54, 1.807) is 0 Å². The Hall–Kier alpha value is -1.61. The molecule has 98 valence electrons. The summed E-state index contributed by atoms with van der Waals surface area (Å²) in [5.74, 6) is 0.786. The molecule has 2 aromatic carbocycles. The molecule has 0 aliphatic heterocycles. The Morgan fingerprint density at radius 3 is 2.42 bits per heavy atom. The first-order valence-electron chi connectivity index (χ1n) is 6.22. The summed E-state index contributed by atoms with van der Waals surface area (Å²) in [7, 11) is 2.02. The Bertz CT molecular complexity index is 583. The largest absolute Gasteiger partial charge is 0.287 e. The predicted molar refractivity (Wildman–Crippen MR) is 83.5 cm³/mol. The van der Waals surface area contributed by atoms with Gasteiger partial charge >= 0.3 is 0 Å². The Kier molecular flexibility index (Phi) is 4.38. The van der Waals surface area contributed by atoms with Crippen molar-refractivity contribution in [2.75, 3.05) is 7.05 Å². The van der Waals surface area contributed by atoms with Gasteiger partial charge in [0.15, 0.2) is 0 Å². The van der Waals surface area contributed by atoms with Crippen LogP contribution in [0.5, 0.6) is 0 Å². The van der Waals surface area contributed by atoms with Crippen LogP contribution in [0.2, 0.25) is 0 Å². The molecule has 0 fully saturated rings. The topological polar surface area (TPSA) is 29.0 Å². The summed E-state index contributed by atoms with van der Waals surface area (Å²) < 4.78 is 3.10. The Morgan fingerprint density at radius 1 is 1.11 bits per heavy atom. The fourth-order valence-corrected chi connectivity index (χ4v) is 2.76. The van der Waals surface area contributed by atoms with Crippen molar-refractivity contribution in [2.24, 2.45) is 5.73 Å². The highest BCUT2D eigenvalue weighted by Gasteiger charge is 2.14. The summed E-state index contributed by atoms with van der Waals surface area (Å²) in [5.41, 5.74) is 9.79. The monoisotopic (exact) mass is 317 g/mol. The second-order valence-corrected chi connectivity index (χ2v) is 5.51. The van der Waals surface area contributed by atoms with Crippen molar-refractivity contribution in [3.05, 3.63) is 69.7 Å². The average Bonchev–Trinajstić information content (AvgIpc) is 2.39. The van der Waals surface area contributed by atoms with Crippen LogP contribution < -0.4 is 5.73 Å². The van der Waals surface area contributed by atoms with Crippen LogP contribution in [-0.2, 0) is 6.54 Å². The van der Waals surface area contributed by atoms with Crippen molar-refractivity contribution in [1.82, 2.24) is 0 Å². The summed E-state index contributed by atoms with van der Waals surface area (Å²) in [5, 5.41) is 0. The van der Waals surface area contributed by atoms with Crippen molar-refractivity contribution in [2.45, 2.75) is 13.5 Å². The number of hydrogen-bond donors (Lipinski definition) is 1. The highest BCUT2D eigenvalue weighted by atomic mass is 79.9. The van der Waals surface area contributed by atoms with Gasteiger partial charge in [-0.3, -0.25) is 10.3 Å². The summed E-state index contributed by atoms with van der Waals surface area (Å²) >= 11 is 3.57. The lowest BCUT2D eigenvalue weighted by molar-refractivity contribution is -0.514.